The summed E-state index contributed by atoms with van der Waals surface area (Å²) in [5.74, 6) is 0.874. The zero-order valence-corrected chi connectivity index (χ0v) is 22.0. The number of piperidine rings is 2. The van der Waals surface area contributed by atoms with E-state index < -0.39 is 0 Å². The van der Waals surface area contributed by atoms with Crippen LogP contribution in [0.2, 0.25) is 0 Å². The van der Waals surface area contributed by atoms with Crippen LogP contribution in [0.1, 0.15) is 56.1 Å². The van der Waals surface area contributed by atoms with Crippen LogP contribution < -0.4 is 0 Å². The highest BCUT2D eigenvalue weighted by Gasteiger charge is 2.47. The maximum absolute atomic E-state index is 12.9. The van der Waals surface area contributed by atoms with Gasteiger partial charge in [0.05, 0.1) is 13.2 Å². The van der Waals surface area contributed by atoms with E-state index in [0.717, 1.165) is 57.9 Å². The molecule has 2 unspecified atom stereocenters. The third-order valence-electron chi connectivity index (χ3n) is 9.55. The first-order valence-corrected chi connectivity index (χ1v) is 13.9. The molecule has 1 spiro atoms. The highest BCUT2D eigenvalue weighted by atomic mass is 16.6. The molecule has 4 saturated heterocycles. The molecule has 4 fully saturated rings. The number of hydrogen-bond acceptors (Lipinski definition) is 5. The zero-order valence-electron chi connectivity index (χ0n) is 22.0. The van der Waals surface area contributed by atoms with Crippen molar-refractivity contribution in [1.29, 1.82) is 0 Å². The van der Waals surface area contributed by atoms with Gasteiger partial charge in [0.25, 0.3) is 0 Å². The summed E-state index contributed by atoms with van der Waals surface area (Å²) in [7, 11) is 3.72. The fourth-order valence-electron chi connectivity index (χ4n) is 7.76. The molecule has 0 aromatic heterocycles. The lowest BCUT2D eigenvalue weighted by molar-refractivity contribution is -0.0123. The second-order valence-electron chi connectivity index (χ2n) is 11.9. The minimum absolute atomic E-state index is 0.0716. The second kappa shape index (κ2) is 9.56. The number of likely N-dealkylation sites (tertiary alicyclic amines) is 1. The van der Waals surface area contributed by atoms with Crippen LogP contribution in [0.4, 0.5) is 4.79 Å². The summed E-state index contributed by atoms with van der Waals surface area (Å²) < 4.78 is 11.7. The summed E-state index contributed by atoms with van der Waals surface area (Å²) >= 11 is 0. The lowest BCUT2D eigenvalue weighted by atomic mass is 9.68. The van der Waals surface area contributed by atoms with Crippen LogP contribution in [0.3, 0.4) is 0 Å². The maximum atomic E-state index is 12.9. The van der Waals surface area contributed by atoms with E-state index in [1.54, 1.807) is 4.90 Å². The predicted octanol–water partition coefficient (Wildman–Crippen LogP) is 3.79. The van der Waals surface area contributed by atoms with Crippen LogP contribution in [-0.2, 0) is 21.4 Å². The average molecular weight is 495 g/mol. The second-order valence-corrected chi connectivity index (χ2v) is 11.9. The Hall–Kier alpha value is -2.25. The fraction of sp³-hybridized carbons (Fsp3) is 0.690. The largest absolute Gasteiger partial charge is 0.474 e. The smallest absolute Gasteiger partial charge is 0.319 e. The molecule has 36 heavy (non-hydrogen) atoms. The minimum Gasteiger partial charge on any atom is -0.474 e. The number of carbonyl (C=O) groups is 1. The zero-order chi connectivity index (χ0) is 24.9. The highest BCUT2D eigenvalue weighted by molar-refractivity contribution is 5.74. The summed E-state index contributed by atoms with van der Waals surface area (Å²) in [5, 5.41) is 0. The van der Waals surface area contributed by atoms with E-state index in [0.29, 0.717) is 24.7 Å². The molecule has 7 heteroatoms. The first-order valence-electron chi connectivity index (χ1n) is 13.9. The van der Waals surface area contributed by atoms with E-state index in [9.17, 15) is 4.79 Å². The maximum Gasteiger partial charge on any atom is 0.319 e. The quantitative estimate of drug-likeness (QED) is 0.596. The Bertz CT molecular complexity index is 968. The summed E-state index contributed by atoms with van der Waals surface area (Å²) in [5.41, 5.74) is 2.87. The number of carbonyl (C=O) groups excluding carboxylic acids is 1. The number of amides is 2. The Kier molecular flexibility index (Phi) is 6.41. The van der Waals surface area contributed by atoms with E-state index in [4.69, 9.17) is 9.47 Å². The molecule has 0 radical (unpaired) electrons. The third kappa shape index (κ3) is 4.28. The van der Waals surface area contributed by atoms with Crippen LogP contribution in [0, 0.1) is 0 Å². The normalized spacial score (nSPS) is 31.4. The number of hydrogen-bond donors (Lipinski definition) is 0. The van der Waals surface area contributed by atoms with Crippen LogP contribution in [0.5, 0.6) is 0 Å². The first-order chi connectivity index (χ1) is 17.4. The Balaban J connectivity index is 1.12. The molecule has 0 saturated carbocycles. The number of benzene rings is 1. The van der Waals surface area contributed by atoms with E-state index >= 15 is 0 Å². The molecule has 1 aromatic rings. The third-order valence-corrected chi connectivity index (χ3v) is 9.55. The fourth-order valence-corrected chi connectivity index (χ4v) is 7.76. The first kappa shape index (κ1) is 24.1. The van der Waals surface area contributed by atoms with Crippen molar-refractivity contribution in [2.45, 2.75) is 81.1 Å². The molecular weight excluding hydrogens is 452 g/mol. The Labute approximate surface area is 216 Å². The van der Waals surface area contributed by atoms with Gasteiger partial charge in [-0.1, -0.05) is 24.3 Å². The Morgan fingerprint density at radius 3 is 2.47 bits per heavy atom. The van der Waals surface area contributed by atoms with Gasteiger partial charge in [-0.25, -0.2) is 4.79 Å². The Morgan fingerprint density at radius 1 is 1.08 bits per heavy atom. The van der Waals surface area contributed by atoms with Crippen molar-refractivity contribution in [3.8, 4) is 0 Å². The van der Waals surface area contributed by atoms with Crippen molar-refractivity contribution in [1.82, 2.24) is 19.6 Å². The molecule has 0 aliphatic carbocycles. The molecule has 3 atom stereocenters. The highest BCUT2D eigenvalue weighted by Crippen LogP contribution is 2.45. The summed E-state index contributed by atoms with van der Waals surface area (Å²) in [6.45, 7) is 9.60. The molecule has 5 heterocycles. The van der Waals surface area contributed by atoms with E-state index in [-0.39, 0.29) is 17.6 Å². The molecule has 1 aromatic carbocycles. The van der Waals surface area contributed by atoms with Gasteiger partial charge in [0.1, 0.15) is 6.10 Å². The number of nitrogens with zero attached hydrogens (tertiary/aromatic N) is 4. The van der Waals surface area contributed by atoms with E-state index in [1.807, 2.05) is 14.1 Å². The summed E-state index contributed by atoms with van der Waals surface area (Å²) in [6, 6.07) is 10.7. The molecule has 196 valence electrons. The minimum atomic E-state index is 0.0716. The standard InChI is InChI=1S/C29H42N4O3/c1-21(36-26-10-15-35-19-26)33-23-8-9-24(33)17-25(16-23)31-13-11-29(12-14-31)20-32(28(34)30(2)3)18-22-6-4-5-7-27(22)29/h4-7,23-26H,1,8-20H2,2-3H3/t23?,24?,25?,26-/m1/s1. The monoisotopic (exact) mass is 494 g/mol. The van der Waals surface area contributed by atoms with Gasteiger partial charge in [0, 0.05) is 57.1 Å². The van der Waals surface area contributed by atoms with Gasteiger partial charge in [0.15, 0.2) is 5.88 Å². The molecule has 7 nitrogen and oxygen atoms in total. The van der Waals surface area contributed by atoms with Crippen molar-refractivity contribution in [3.05, 3.63) is 47.9 Å². The van der Waals surface area contributed by atoms with Gasteiger partial charge in [-0.2, -0.15) is 0 Å². The number of urea groups is 1. The van der Waals surface area contributed by atoms with Crippen LogP contribution in [-0.4, -0.2) is 96.8 Å². The lowest BCUT2D eigenvalue weighted by Crippen LogP contribution is -2.57. The molecule has 2 amide bonds. The van der Waals surface area contributed by atoms with Crippen molar-refractivity contribution >= 4 is 6.03 Å². The van der Waals surface area contributed by atoms with E-state index in [2.05, 4.69) is 45.5 Å². The average Bonchev–Trinajstić information content (AvgIpc) is 3.49. The topological polar surface area (TPSA) is 48.5 Å². The molecular formula is C29H42N4O3. The van der Waals surface area contributed by atoms with Crippen LogP contribution in [0.15, 0.2) is 36.7 Å². The molecule has 0 N–H and O–H groups in total. The van der Waals surface area contributed by atoms with Gasteiger partial charge in [-0.15, -0.1) is 0 Å². The molecule has 2 bridgehead atoms. The lowest BCUT2D eigenvalue weighted by Gasteiger charge is -2.52. The molecule has 5 aliphatic rings. The van der Waals surface area contributed by atoms with Crippen molar-refractivity contribution in [2.75, 3.05) is 46.9 Å². The summed E-state index contributed by atoms with van der Waals surface area (Å²) in [6.07, 6.45) is 8.28. The predicted molar refractivity (Wildman–Crippen MR) is 140 cm³/mol. The van der Waals surface area contributed by atoms with Gasteiger partial charge >= 0.3 is 6.03 Å². The van der Waals surface area contributed by atoms with Crippen LogP contribution >= 0.6 is 0 Å². The number of fused-ring (bicyclic) bond motifs is 4. The van der Waals surface area contributed by atoms with Crippen molar-refractivity contribution in [2.24, 2.45) is 0 Å². The number of ether oxygens (including phenoxy) is 2. The van der Waals surface area contributed by atoms with Crippen molar-refractivity contribution in [3.63, 3.8) is 0 Å². The van der Waals surface area contributed by atoms with Gasteiger partial charge < -0.3 is 29.1 Å². The van der Waals surface area contributed by atoms with Crippen molar-refractivity contribution < 1.29 is 14.3 Å². The van der Waals surface area contributed by atoms with Gasteiger partial charge in [-0.3, -0.25) is 0 Å². The Morgan fingerprint density at radius 2 is 1.81 bits per heavy atom. The molecule has 6 rings (SSSR count). The summed E-state index contributed by atoms with van der Waals surface area (Å²) in [4.78, 5) is 22.0. The van der Waals surface area contributed by atoms with Gasteiger partial charge in [-0.05, 0) is 69.3 Å². The molecule has 5 aliphatic heterocycles. The number of rotatable bonds is 4. The van der Waals surface area contributed by atoms with Gasteiger partial charge in [0.2, 0.25) is 0 Å². The van der Waals surface area contributed by atoms with E-state index in [1.165, 1.54) is 36.8 Å². The van der Waals surface area contributed by atoms with Crippen LogP contribution in [0.25, 0.3) is 0 Å². The SMILES string of the molecule is C=C(O[C@@H]1CCOC1)N1C2CCC1CC(N1CCC3(CC1)CN(C(=O)N(C)C)Cc1ccccc13)C2.